The molecule has 0 unspecified atom stereocenters. The average Bonchev–Trinajstić information content (AvgIpc) is 2.52. The summed E-state index contributed by atoms with van der Waals surface area (Å²) in [6, 6.07) is 0. The number of unbranched alkanes of at least 4 members (excludes halogenated alkanes) is 9. The maximum Gasteiger partial charge on any atom is 0.306 e. The first-order valence-electron chi connectivity index (χ1n) is 9.39. The van der Waals surface area contributed by atoms with E-state index in [0.29, 0.717) is 19.4 Å². The Hall–Kier alpha value is -0.510. The van der Waals surface area contributed by atoms with Crippen LogP contribution in [0.25, 0.3) is 0 Å². The van der Waals surface area contributed by atoms with Crippen LogP contribution in [0.2, 0.25) is 0 Å². The summed E-state index contributed by atoms with van der Waals surface area (Å²) < 4.78 is 5.22. The highest BCUT2D eigenvalue weighted by molar-refractivity contribution is 7.99. The van der Waals surface area contributed by atoms with Gasteiger partial charge >= 0.3 is 5.97 Å². The predicted octanol–water partition coefficient (Wildman–Crippen LogP) is 5.55. The third kappa shape index (κ3) is 19.4. The zero-order valence-corrected chi connectivity index (χ0v) is 16.1. The van der Waals surface area contributed by atoms with Crippen molar-refractivity contribution < 1.29 is 14.3 Å². The Morgan fingerprint density at radius 1 is 0.783 bits per heavy atom. The lowest BCUT2D eigenvalue weighted by atomic mass is 10.1. The summed E-state index contributed by atoms with van der Waals surface area (Å²) in [5.74, 6) is 1.67. The minimum Gasteiger partial charge on any atom is -0.466 e. The highest BCUT2D eigenvalue weighted by Gasteiger charge is 2.03. The molecule has 0 amide bonds. The van der Waals surface area contributed by atoms with Crippen LogP contribution in [0.5, 0.6) is 0 Å². The highest BCUT2D eigenvalue weighted by Crippen LogP contribution is 2.11. The summed E-state index contributed by atoms with van der Waals surface area (Å²) in [6.07, 6.45) is 14.0. The molecule has 0 aromatic carbocycles. The van der Waals surface area contributed by atoms with Gasteiger partial charge in [0, 0.05) is 17.9 Å². The van der Waals surface area contributed by atoms with E-state index in [1.54, 1.807) is 18.7 Å². The van der Waals surface area contributed by atoms with Gasteiger partial charge in [-0.2, -0.15) is 11.8 Å². The maximum absolute atomic E-state index is 11.5. The van der Waals surface area contributed by atoms with Crippen molar-refractivity contribution in [3.05, 3.63) is 0 Å². The summed E-state index contributed by atoms with van der Waals surface area (Å²) in [7, 11) is 0. The Balaban J connectivity index is 3.16. The Labute approximate surface area is 147 Å². The van der Waals surface area contributed by atoms with E-state index in [2.05, 4.69) is 6.92 Å². The first-order chi connectivity index (χ1) is 11.2. The average molecular weight is 345 g/mol. The molecular formula is C19H36O3S. The number of hydrogen-bond donors (Lipinski definition) is 0. The lowest BCUT2D eigenvalue weighted by Gasteiger charge is -2.05. The summed E-state index contributed by atoms with van der Waals surface area (Å²) in [4.78, 5) is 22.3. The van der Waals surface area contributed by atoms with Gasteiger partial charge in [-0.3, -0.25) is 9.59 Å². The van der Waals surface area contributed by atoms with Crippen LogP contribution in [0.4, 0.5) is 0 Å². The van der Waals surface area contributed by atoms with E-state index in [1.807, 2.05) is 0 Å². The smallest absolute Gasteiger partial charge is 0.306 e. The van der Waals surface area contributed by atoms with Crippen molar-refractivity contribution in [2.75, 3.05) is 18.1 Å². The van der Waals surface area contributed by atoms with Crippen LogP contribution in [-0.4, -0.2) is 29.9 Å². The molecule has 23 heavy (non-hydrogen) atoms. The Morgan fingerprint density at radius 3 is 1.87 bits per heavy atom. The number of hydrogen-bond acceptors (Lipinski definition) is 4. The molecule has 0 spiro atoms. The SMILES string of the molecule is CCCCCCCCCCCCOC(=O)CCSCCC(C)=O. The number of rotatable bonds is 17. The molecule has 0 aliphatic carbocycles. The number of esters is 1. The molecule has 0 aromatic heterocycles. The van der Waals surface area contributed by atoms with Crippen molar-refractivity contribution in [3.63, 3.8) is 0 Å². The molecule has 3 nitrogen and oxygen atoms in total. The molecule has 0 aliphatic rings. The summed E-state index contributed by atoms with van der Waals surface area (Å²) in [6.45, 7) is 4.41. The second-order valence-electron chi connectivity index (χ2n) is 6.22. The molecule has 0 heterocycles. The molecule has 136 valence electrons. The molecule has 0 bridgehead atoms. The molecule has 0 radical (unpaired) electrons. The minimum atomic E-state index is -0.101. The van der Waals surface area contributed by atoms with Gasteiger partial charge in [0.1, 0.15) is 5.78 Å². The van der Waals surface area contributed by atoms with Crippen LogP contribution in [0.1, 0.15) is 90.9 Å². The van der Waals surface area contributed by atoms with E-state index < -0.39 is 0 Å². The second kappa shape index (κ2) is 17.8. The fraction of sp³-hybridized carbons (Fsp3) is 0.895. The van der Waals surface area contributed by atoms with Crippen molar-refractivity contribution in [3.8, 4) is 0 Å². The zero-order chi connectivity index (χ0) is 17.2. The normalized spacial score (nSPS) is 10.7. The van der Waals surface area contributed by atoms with E-state index in [9.17, 15) is 9.59 Å². The second-order valence-corrected chi connectivity index (χ2v) is 7.44. The maximum atomic E-state index is 11.5. The van der Waals surface area contributed by atoms with Crippen molar-refractivity contribution in [1.29, 1.82) is 0 Å². The van der Waals surface area contributed by atoms with Gasteiger partial charge in [0.05, 0.1) is 13.0 Å². The van der Waals surface area contributed by atoms with Gasteiger partial charge in [0.25, 0.3) is 0 Å². The fourth-order valence-corrected chi connectivity index (χ4v) is 3.27. The largest absolute Gasteiger partial charge is 0.466 e. The third-order valence-electron chi connectivity index (χ3n) is 3.81. The van der Waals surface area contributed by atoms with E-state index >= 15 is 0 Å². The topological polar surface area (TPSA) is 43.4 Å². The van der Waals surface area contributed by atoms with Gasteiger partial charge in [0.15, 0.2) is 0 Å². The van der Waals surface area contributed by atoms with Crippen LogP contribution in [0.15, 0.2) is 0 Å². The standard InChI is InChI=1S/C19H36O3S/c1-3-4-5-6-7-8-9-10-11-12-15-22-19(21)14-17-23-16-13-18(2)20/h3-17H2,1-2H3. The molecule has 4 heteroatoms. The first kappa shape index (κ1) is 22.5. The third-order valence-corrected chi connectivity index (χ3v) is 4.80. The summed E-state index contributed by atoms with van der Waals surface area (Å²) in [5.41, 5.74) is 0. The quantitative estimate of drug-likeness (QED) is 0.256. The predicted molar refractivity (Wildman–Crippen MR) is 100 cm³/mol. The van der Waals surface area contributed by atoms with Crippen LogP contribution >= 0.6 is 11.8 Å². The van der Waals surface area contributed by atoms with E-state index in [-0.39, 0.29) is 11.8 Å². The number of Topliss-reactive ketones (excluding diaryl/α,β-unsaturated/α-hetero) is 1. The fourth-order valence-electron chi connectivity index (χ4n) is 2.32. The monoisotopic (exact) mass is 344 g/mol. The molecule has 0 saturated heterocycles. The van der Waals surface area contributed by atoms with Crippen LogP contribution in [0.3, 0.4) is 0 Å². The number of ether oxygens (including phenoxy) is 1. The number of carbonyl (C=O) groups excluding carboxylic acids is 2. The van der Waals surface area contributed by atoms with Crippen LogP contribution in [0, 0.1) is 0 Å². The molecule has 0 N–H and O–H groups in total. The Kier molecular flexibility index (Phi) is 17.4. The number of thioether (sulfide) groups is 1. The van der Waals surface area contributed by atoms with Crippen LogP contribution < -0.4 is 0 Å². The lowest BCUT2D eigenvalue weighted by Crippen LogP contribution is -2.07. The van der Waals surface area contributed by atoms with Crippen molar-refractivity contribution in [2.45, 2.75) is 90.9 Å². The summed E-state index contributed by atoms with van der Waals surface area (Å²) in [5, 5.41) is 0. The highest BCUT2D eigenvalue weighted by atomic mass is 32.2. The summed E-state index contributed by atoms with van der Waals surface area (Å²) >= 11 is 1.65. The molecule has 0 rings (SSSR count). The molecular weight excluding hydrogens is 308 g/mol. The molecule has 0 fully saturated rings. The molecule has 0 aliphatic heterocycles. The lowest BCUT2D eigenvalue weighted by molar-refractivity contribution is -0.143. The Bertz CT molecular complexity index is 292. The van der Waals surface area contributed by atoms with Crippen molar-refractivity contribution in [1.82, 2.24) is 0 Å². The van der Waals surface area contributed by atoms with E-state index in [0.717, 1.165) is 24.3 Å². The van der Waals surface area contributed by atoms with E-state index in [1.165, 1.54) is 51.4 Å². The Morgan fingerprint density at radius 2 is 1.30 bits per heavy atom. The van der Waals surface area contributed by atoms with Gasteiger partial charge in [-0.05, 0) is 13.3 Å². The molecule has 0 saturated carbocycles. The van der Waals surface area contributed by atoms with Gasteiger partial charge in [-0.25, -0.2) is 0 Å². The van der Waals surface area contributed by atoms with Gasteiger partial charge < -0.3 is 4.74 Å². The van der Waals surface area contributed by atoms with Gasteiger partial charge in [-0.1, -0.05) is 64.7 Å². The first-order valence-corrected chi connectivity index (χ1v) is 10.5. The zero-order valence-electron chi connectivity index (χ0n) is 15.2. The molecule has 0 atom stereocenters. The van der Waals surface area contributed by atoms with Crippen molar-refractivity contribution in [2.24, 2.45) is 0 Å². The minimum absolute atomic E-state index is 0.101. The molecule has 0 aromatic rings. The number of ketones is 1. The van der Waals surface area contributed by atoms with Gasteiger partial charge in [-0.15, -0.1) is 0 Å². The van der Waals surface area contributed by atoms with Crippen LogP contribution in [-0.2, 0) is 14.3 Å². The van der Waals surface area contributed by atoms with E-state index in [4.69, 9.17) is 4.74 Å². The van der Waals surface area contributed by atoms with Crippen molar-refractivity contribution >= 4 is 23.5 Å². The number of carbonyl (C=O) groups is 2. The van der Waals surface area contributed by atoms with Gasteiger partial charge in [0.2, 0.25) is 0 Å².